The van der Waals surface area contributed by atoms with E-state index < -0.39 is 49.7 Å². The molecule has 140 valence electrons. The third kappa shape index (κ3) is 2.50. The van der Waals surface area contributed by atoms with Gasteiger partial charge >= 0.3 is 5.97 Å². The van der Waals surface area contributed by atoms with Crippen molar-refractivity contribution >= 4 is 21.9 Å². The second-order valence-corrected chi connectivity index (χ2v) is 8.68. The van der Waals surface area contributed by atoms with Crippen LogP contribution in [-0.2, 0) is 19.6 Å². The third-order valence-electron chi connectivity index (χ3n) is 5.43. The van der Waals surface area contributed by atoms with E-state index in [9.17, 15) is 23.1 Å². The van der Waals surface area contributed by atoms with Crippen molar-refractivity contribution in [1.29, 1.82) is 0 Å². The number of hydrogen-bond donors (Lipinski definition) is 3. The number of fused-ring (bicyclic) bond motifs is 1. The van der Waals surface area contributed by atoms with Crippen LogP contribution in [0.3, 0.4) is 0 Å². The van der Waals surface area contributed by atoms with Crippen LogP contribution in [0.5, 0.6) is 5.75 Å². The number of Topliss-reactive ketones (excluding diaryl/α,β-unsaturated/α-hetero) is 1. The van der Waals surface area contributed by atoms with Crippen molar-refractivity contribution in [2.24, 2.45) is 23.0 Å². The lowest BCUT2D eigenvalue weighted by atomic mass is 9.46. The molecule has 26 heavy (non-hydrogen) atoms. The van der Waals surface area contributed by atoms with Gasteiger partial charge in [-0.2, -0.15) is 8.42 Å². The molecule has 8 nitrogen and oxygen atoms in total. The van der Waals surface area contributed by atoms with Crippen LogP contribution in [0.2, 0.25) is 0 Å². The van der Waals surface area contributed by atoms with Gasteiger partial charge in [-0.15, -0.1) is 0 Å². The summed E-state index contributed by atoms with van der Waals surface area (Å²) in [5.74, 6) is -2.62. The van der Waals surface area contributed by atoms with Crippen molar-refractivity contribution in [3.05, 3.63) is 35.0 Å². The fourth-order valence-corrected chi connectivity index (χ4v) is 4.60. The van der Waals surface area contributed by atoms with Gasteiger partial charge in [-0.25, -0.2) is 4.79 Å². The molecule has 0 heterocycles. The van der Waals surface area contributed by atoms with Gasteiger partial charge in [0.15, 0.2) is 5.78 Å². The summed E-state index contributed by atoms with van der Waals surface area (Å²) in [4.78, 5) is 24.4. The van der Waals surface area contributed by atoms with Gasteiger partial charge in [0.05, 0.1) is 16.5 Å². The highest BCUT2D eigenvalue weighted by Gasteiger charge is 2.65. The van der Waals surface area contributed by atoms with E-state index in [1.807, 2.05) is 13.8 Å². The van der Waals surface area contributed by atoms with Crippen LogP contribution in [0.25, 0.3) is 0 Å². The van der Waals surface area contributed by atoms with Gasteiger partial charge in [0.2, 0.25) is 0 Å². The van der Waals surface area contributed by atoms with Crippen LogP contribution in [0.15, 0.2) is 34.4 Å². The minimum Gasteiger partial charge on any atom is -0.507 e. The highest BCUT2D eigenvalue weighted by atomic mass is 32.2. The zero-order chi connectivity index (χ0) is 19.6. The van der Waals surface area contributed by atoms with Gasteiger partial charge in [-0.1, -0.05) is 13.8 Å². The number of hydrogen-bond acceptors (Lipinski definition) is 7. The second kappa shape index (κ2) is 5.55. The third-order valence-corrected chi connectivity index (χ3v) is 6.28. The number of ketones is 1. The number of carbonyl (C=O) groups is 2. The molecule has 3 aliphatic carbocycles. The Labute approximate surface area is 150 Å². The lowest BCUT2D eigenvalue weighted by Gasteiger charge is -2.59. The standard InChI is InChI=1S/C17H19NO7S/c1-7-11-15(12(17(11,2)3)14(20)13(7)18)25-16(21)9-6-8(26(22,23)24)4-5-10(9)19/h4-6,11-12,15,19H,18H2,1-3H3,(H,22,23,24)/t11-,12+,15?/m1/s1. The van der Waals surface area contributed by atoms with Gasteiger partial charge < -0.3 is 15.6 Å². The minimum absolute atomic E-state index is 0.183. The van der Waals surface area contributed by atoms with Crippen LogP contribution in [0.4, 0.5) is 0 Å². The maximum absolute atomic E-state index is 12.5. The maximum Gasteiger partial charge on any atom is 0.342 e. The lowest BCUT2D eigenvalue weighted by molar-refractivity contribution is -0.169. The molecule has 3 atom stereocenters. The molecule has 0 radical (unpaired) electrons. The summed E-state index contributed by atoms with van der Waals surface area (Å²) >= 11 is 0. The first-order valence-corrected chi connectivity index (χ1v) is 9.33. The van der Waals surface area contributed by atoms with Gasteiger partial charge in [-0.3, -0.25) is 9.35 Å². The Balaban J connectivity index is 1.92. The largest absolute Gasteiger partial charge is 0.507 e. The summed E-state index contributed by atoms with van der Waals surface area (Å²) in [5.41, 5.74) is 5.81. The molecule has 1 fully saturated rings. The zero-order valence-corrected chi connectivity index (χ0v) is 15.2. The molecule has 0 aliphatic heterocycles. The Morgan fingerprint density at radius 1 is 1.27 bits per heavy atom. The molecule has 2 bridgehead atoms. The summed E-state index contributed by atoms with van der Waals surface area (Å²) in [6, 6.07) is 2.75. The Kier molecular flexibility index (Phi) is 3.93. The molecule has 4 rings (SSSR count). The van der Waals surface area contributed by atoms with Gasteiger partial charge in [0, 0.05) is 5.92 Å². The summed E-state index contributed by atoms with van der Waals surface area (Å²) in [7, 11) is -4.55. The highest BCUT2D eigenvalue weighted by Crippen LogP contribution is 2.60. The Morgan fingerprint density at radius 2 is 1.88 bits per heavy atom. The number of allylic oxidation sites excluding steroid dienone is 1. The predicted octanol–water partition coefficient (Wildman–Crippen LogP) is 1.25. The number of nitrogens with two attached hydrogens (primary N) is 1. The fourth-order valence-electron chi connectivity index (χ4n) is 4.10. The summed E-state index contributed by atoms with van der Waals surface area (Å²) in [5, 5.41) is 9.85. The number of phenolic OH excluding ortho intramolecular Hbond substituents is 1. The van der Waals surface area contributed by atoms with Gasteiger partial charge in [-0.05, 0) is 36.1 Å². The molecule has 1 unspecified atom stereocenters. The molecule has 3 aliphatic rings. The predicted molar refractivity (Wildman–Crippen MR) is 89.8 cm³/mol. The van der Waals surface area contributed by atoms with Crippen molar-refractivity contribution in [1.82, 2.24) is 0 Å². The molecule has 0 aromatic heterocycles. The van der Waals surface area contributed by atoms with Crippen LogP contribution in [0, 0.1) is 17.3 Å². The Bertz CT molecular complexity index is 961. The molecule has 1 aromatic carbocycles. The van der Waals surface area contributed by atoms with Crippen molar-refractivity contribution in [3.63, 3.8) is 0 Å². The number of esters is 1. The van der Waals surface area contributed by atoms with Crippen molar-refractivity contribution in [2.75, 3.05) is 0 Å². The Morgan fingerprint density at radius 3 is 2.42 bits per heavy atom. The van der Waals surface area contributed by atoms with Crippen LogP contribution < -0.4 is 5.73 Å². The van der Waals surface area contributed by atoms with E-state index in [0.717, 1.165) is 18.2 Å². The molecular formula is C17H19NO7S. The average Bonchev–Trinajstić information content (AvgIpc) is 2.50. The molecule has 0 spiro atoms. The first-order valence-electron chi connectivity index (χ1n) is 7.89. The minimum atomic E-state index is -4.55. The number of phenols is 1. The zero-order valence-electron chi connectivity index (χ0n) is 14.4. The smallest absolute Gasteiger partial charge is 0.342 e. The number of aromatic hydroxyl groups is 1. The second-order valence-electron chi connectivity index (χ2n) is 7.26. The quantitative estimate of drug-likeness (QED) is 0.524. The molecular weight excluding hydrogens is 362 g/mol. The van der Waals surface area contributed by atoms with Crippen molar-refractivity contribution < 1.29 is 32.4 Å². The lowest BCUT2D eigenvalue weighted by Crippen LogP contribution is -2.66. The van der Waals surface area contributed by atoms with Crippen molar-refractivity contribution in [2.45, 2.75) is 31.8 Å². The SMILES string of the molecule is CC1=C(N)C(=O)[C@H]2C(OC(=O)c3cc(S(=O)(=O)O)ccc3O)[C@@H]1C2(C)C. The molecule has 0 amide bonds. The average molecular weight is 381 g/mol. The highest BCUT2D eigenvalue weighted by molar-refractivity contribution is 7.85. The molecule has 1 saturated carbocycles. The van der Waals surface area contributed by atoms with Gasteiger partial charge in [0.25, 0.3) is 10.1 Å². The van der Waals surface area contributed by atoms with Crippen LogP contribution in [-0.4, -0.2) is 35.9 Å². The fraction of sp³-hybridized carbons (Fsp3) is 0.412. The summed E-state index contributed by atoms with van der Waals surface area (Å²) in [6.07, 6.45) is -0.744. The first kappa shape index (κ1) is 18.4. The van der Waals surface area contributed by atoms with Crippen LogP contribution in [0.1, 0.15) is 31.1 Å². The number of ether oxygens (including phenoxy) is 1. The molecule has 0 saturated heterocycles. The van der Waals surface area contributed by atoms with E-state index in [1.54, 1.807) is 6.92 Å². The molecule has 4 N–H and O–H groups in total. The normalized spacial score (nSPS) is 27.1. The number of rotatable bonds is 3. The van der Waals surface area contributed by atoms with Gasteiger partial charge in [0.1, 0.15) is 17.4 Å². The van der Waals surface area contributed by atoms with E-state index in [4.69, 9.17) is 15.0 Å². The van der Waals surface area contributed by atoms with E-state index in [2.05, 4.69) is 0 Å². The molecule has 1 aromatic rings. The number of benzene rings is 1. The Hall–Kier alpha value is -2.39. The summed E-state index contributed by atoms with van der Waals surface area (Å²) in [6.45, 7) is 5.49. The maximum atomic E-state index is 12.5. The van der Waals surface area contributed by atoms with Crippen molar-refractivity contribution in [3.8, 4) is 5.75 Å². The topological polar surface area (TPSA) is 144 Å². The number of carbonyl (C=O) groups excluding carboxylic acids is 2. The van der Waals surface area contributed by atoms with E-state index in [0.29, 0.717) is 5.57 Å². The monoisotopic (exact) mass is 381 g/mol. The molecule has 9 heteroatoms. The van der Waals surface area contributed by atoms with E-state index in [1.165, 1.54) is 0 Å². The van der Waals surface area contributed by atoms with Crippen LogP contribution >= 0.6 is 0 Å². The van der Waals surface area contributed by atoms with E-state index in [-0.39, 0.29) is 17.4 Å². The summed E-state index contributed by atoms with van der Waals surface area (Å²) < 4.78 is 37.0. The van der Waals surface area contributed by atoms with E-state index >= 15 is 0 Å². The first-order chi connectivity index (χ1) is 11.9.